The molecule has 2 unspecified atom stereocenters. The lowest BCUT2D eigenvalue weighted by Crippen LogP contribution is -2.57. The van der Waals surface area contributed by atoms with E-state index < -0.39 is 6.04 Å². The molecule has 0 aromatic heterocycles. The zero-order valence-corrected chi connectivity index (χ0v) is 16.4. The van der Waals surface area contributed by atoms with Crippen molar-refractivity contribution in [3.63, 3.8) is 0 Å². The normalized spacial score (nSPS) is 17.5. The molecular formula is C20H32N4O2. The van der Waals surface area contributed by atoms with Crippen LogP contribution in [0.2, 0.25) is 0 Å². The maximum atomic E-state index is 13.0. The van der Waals surface area contributed by atoms with Crippen molar-refractivity contribution in [1.82, 2.24) is 15.1 Å². The van der Waals surface area contributed by atoms with Gasteiger partial charge in [-0.15, -0.1) is 0 Å². The fourth-order valence-corrected chi connectivity index (χ4v) is 3.11. The molecule has 2 atom stereocenters. The van der Waals surface area contributed by atoms with Gasteiger partial charge in [0, 0.05) is 31.9 Å². The average molecular weight is 361 g/mol. The number of hydrogen-bond acceptors (Lipinski definition) is 3. The molecule has 2 rings (SSSR count). The Bertz CT molecular complexity index is 594. The van der Waals surface area contributed by atoms with Gasteiger partial charge in [0.25, 0.3) is 0 Å². The van der Waals surface area contributed by atoms with E-state index in [0.717, 1.165) is 50.4 Å². The van der Waals surface area contributed by atoms with Crippen LogP contribution in [-0.4, -0.2) is 60.5 Å². The third kappa shape index (κ3) is 5.46. The summed E-state index contributed by atoms with van der Waals surface area (Å²) in [7, 11) is 0. The minimum atomic E-state index is -0.501. The fraction of sp³-hybridized carbons (Fsp3) is 0.600. The molecule has 0 saturated carbocycles. The second-order valence-electron chi connectivity index (χ2n) is 7.09. The van der Waals surface area contributed by atoms with Gasteiger partial charge in [-0.2, -0.15) is 0 Å². The van der Waals surface area contributed by atoms with Crippen LogP contribution in [0.3, 0.4) is 0 Å². The number of rotatable bonds is 6. The topological polar surface area (TPSA) is 64.7 Å². The van der Waals surface area contributed by atoms with E-state index in [-0.39, 0.29) is 17.9 Å². The van der Waals surface area contributed by atoms with E-state index in [1.54, 1.807) is 0 Å². The first-order valence-corrected chi connectivity index (χ1v) is 9.59. The van der Waals surface area contributed by atoms with E-state index in [2.05, 4.69) is 22.5 Å². The van der Waals surface area contributed by atoms with Gasteiger partial charge in [-0.25, -0.2) is 4.79 Å². The Morgan fingerprint density at radius 2 is 1.69 bits per heavy atom. The molecule has 1 aromatic rings. The van der Waals surface area contributed by atoms with Crippen LogP contribution in [0.4, 0.5) is 10.5 Å². The summed E-state index contributed by atoms with van der Waals surface area (Å²) in [6, 6.07) is 6.77. The Hall–Kier alpha value is -2.08. The predicted octanol–water partition coefficient (Wildman–Crippen LogP) is 2.70. The monoisotopic (exact) mass is 360 g/mol. The Kier molecular flexibility index (Phi) is 7.45. The molecule has 1 aliphatic heterocycles. The van der Waals surface area contributed by atoms with Crippen molar-refractivity contribution in [3.8, 4) is 0 Å². The van der Waals surface area contributed by atoms with Crippen LogP contribution in [-0.2, 0) is 4.79 Å². The lowest BCUT2D eigenvalue weighted by Gasteiger charge is -2.37. The summed E-state index contributed by atoms with van der Waals surface area (Å²) < 4.78 is 0. The summed E-state index contributed by atoms with van der Waals surface area (Å²) in [5.74, 6) is 0.102. The van der Waals surface area contributed by atoms with E-state index in [0.29, 0.717) is 0 Å². The molecule has 1 aliphatic rings. The van der Waals surface area contributed by atoms with Crippen LogP contribution in [0, 0.1) is 12.8 Å². The summed E-state index contributed by atoms with van der Waals surface area (Å²) >= 11 is 0. The van der Waals surface area contributed by atoms with Gasteiger partial charge in [-0.1, -0.05) is 44.9 Å². The second kappa shape index (κ2) is 9.57. The number of carbonyl (C=O) groups excluding carboxylic acids is 2. The summed E-state index contributed by atoms with van der Waals surface area (Å²) in [6.07, 6.45) is 0.830. The van der Waals surface area contributed by atoms with Crippen molar-refractivity contribution in [2.75, 3.05) is 38.0 Å². The summed E-state index contributed by atoms with van der Waals surface area (Å²) in [5, 5.41) is 5.72. The Morgan fingerprint density at radius 3 is 2.23 bits per heavy atom. The number of likely N-dealkylation sites (N-methyl/N-ethyl adjacent to an activating group) is 1. The van der Waals surface area contributed by atoms with Gasteiger partial charge in [0.2, 0.25) is 5.91 Å². The van der Waals surface area contributed by atoms with Crippen molar-refractivity contribution in [1.29, 1.82) is 0 Å². The van der Waals surface area contributed by atoms with Crippen molar-refractivity contribution < 1.29 is 9.59 Å². The third-order valence-corrected chi connectivity index (χ3v) is 5.21. The van der Waals surface area contributed by atoms with E-state index >= 15 is 0 Å². The Morgan fingerprint density at radius 1 is 1.08 bits per heavy atom. The van der Waals surface area contributed by atoms with Crippen molar-refractivity contribution in [3.05, 3.63) is 29.8 Å². The van der Waals surface area contributed by atoms with Crippen molar-refractivity contribution >= 4 is 17.6 Å². The molecule has 3 amide bonds. The highest BCUT2D eigenvalue weighted by molar-refractivity contribution is 5.93. The SMILES string of the molecule is CCC(C)C(NC(=O)Nc1ccc(C)cc1)C(=O)N1CCN(CC)CC1. The van der Waals surface area contributed by atoms with Gasteiger partial charge in [0.15, 0.2) is 0 Å². The molecule has 1 heterocycles. The molecule has 1 saturated heterocycles. The minimum absolute atomic E-state index is 0.0224. The van der Waals surface area contributed by atoms with Crippen LogP contribution < -0.4 is 10.6 Å². The number of carbonyl (C=O) groups is 2. The number of piperazine rings is 1. The minimum Gasteiger partial charge on any atom is -0.338 e. The zero-order valence-electron chi connectivity index (χ0n) is 16.4. The molecular weight excluding hydrogens is 328 g/mol. The first-order valence-electron chi connectivity index (χ1n) is 9.59. The molecule has 26 heavy (non-hydrogen) atoms. The molecule has 6 nitrogen and oxygen atoms in total. The number of urea groups is 1. The van der Waals surface area contributed by atoms with Gasteiger partial charge in [0.1, 0.15) is 6.04 Å². The molecule has 0 radical (unpaired) electrons. The lowest BCUT2D eigenvalue weighted by molar-refractivity contribution is -0.136. The second-order valence-corrected chi connectivity index (χ2v) is 7.09. The molecule has 1 aromatic carbocycles. The van der Waals surface area contributed by atoms with E-state index in [1.807, 2.05) is 49.9 Å². The highest BCUT2D eigenvalue weighted by atomic mass is 16.2. The van der Waals surface area contributed by atoms with E-state index in [9.17, 15) is 9.59 Å². The standard InChI is InChI=1S/C20H32N4O2/c1-5-16(4)18(19(25)24-13-11-23(6-2)12-14-24)22-20(26)21-17-9-7-15(3)8-10-17/h7-10,16,18H,5-6,11-14H2,1-4H3,(H2,21,22,26). The molecule has 144 valence electrons. The molecule has 0 spiro atoms. The predicted molar refractivity (Wildman–Crippen MR) is 105 cm³/mol. The number of nitrogens with zero attached hydrogens (tertiary/aromatic N) is 2. The number of nitrogens with one attached hydrogen (secondary N) is 2. The Labute approximate surface area is 156 Å². The highest BCUT2D eigenvalue weighted by Crippen LogP contribution is 2.14. The number of anilines is 1. The largest absolute Gasteiger partial charge is 0.338 e. The third-order valence-electron chi connectivity index (χ3n) is 5.21. The molecule has 6 heteroatoms. The average Bonchev–Trinajstić information content (AvgIpc) is 2.67. The van der Waals surface area contributed by atoms with Crippen LogP contribution in [0.5, 0.6) is 0 Å². The number of benzene rings is 1. The quantitative estimate of drug-likeness (QED) is 0.820. The maximum absolute atomic E-state index is 13.0. The van der Waals surface area contributed by atoms with Crippen LogP contribution in [0.15, 0.2) is 24.3 Å². The summed E-state index contributed by atoms with van der Waals surface area (Å²) in [4.78, 5) is 29.6. The van der Waals surface area contributed by atoms with Gasteiger partial charge in [-0.05, 0) is 31.5 Å². The van der Waals surface area contributed by atoms with Gasteiger partial charge >= 0.3 is 6.03 Å². The number of amides is 3. The maximum Gasteiger partial charge on any atom is 0.319 e. The smallest absolute Gasteiger partial charge is 0.319 e. The van der Waals surface area contributed by atoms with Crippen molar-refractivity contribution in [2.45, 2.75) is 40.2 Å². The first-order chi connectivity index (χ1) is 12.4. The number of aryl methyl sites for hydroxylation is 1. The van der Waals surface area contributed by atoms with Gasteiger partial charge in [0.05, 0.1) is 0 Å². The first kappa shape index (κ1) is 20.2. The zero-order chi connectivity index (χ0) is 19.1. The van der Waals surface area contributed by atoms with Gasteiger partial charge < -0.3 is 20.4 Å². The van der Waals surface area contributed by atoms with Crippen LogP contribution in [0.1, 0.15) is 32.8 Å². The highest BCUT2D eigenvalue weighted by Gasteiger charge is 2.31. The van der Waals surface area contributed by atoms with E-state index in [4.69, 9.17) is 0 Å². The fourth-order valence-electron chi connectivity index (χ4n) is 3.11. The van der Waals surface area contributed by atoms with Gasteiger partial charge in [-0.3, -0.25) is 4.79 Å². The van der Waals surface area contributed by atoms with E-state index in [1.165, 1.54) is 0 Å². The molecule has 1 fully saturated rings. The number of hydrogen-bond donors (Lipinski definition) is 2. The van der Waals surface area contributed by atoms with Crippen molar-refractivity contribution in [2.24, 2.45) is 5.92 Å². The summed E-state index contributed by atoms with van der Waals surface area (Å²) in [5.41, 5.74) is 1.86. The van der Waals surface area contributed by atoms with Crippen LogP contribution >= 0.6 is 0 Å². The Balaban J connectivity index is 1.98. The lowest BCUT2D eigenvalue weighted by atomic mass is 9.97. The summed E-state index contributed by atoms with van der Waals surface area (Å²) in [6.45, 7) is 12.4. The molecule has 0 aliphatic carbocycles. The molecule has 2 N–H and O–H groups in total. The van der Waals surface area contributed by atoms with Crippen LogP contribution in [0.25, 0.3) is 0 Å². The molecule has 0 bridgehead atoms.